The molecule has 0 aliphatic rings. The third-order valence-corrected chi connectivity index (χ3v) is 3.16. The Balaban J connectivity index is 2.66. The van der Waals surface area contributed by atoms with Crippen molar-refractivity contribution in [2.24, 2.45) is 0 Å². The highest BCUT2D eigenvalue weighted by atomic mass is 32.2. The minimum absolute atomic E-state index is 0.0248. The van der Waals surface area contributed by atoms with Crippen LogP contribution < -0.4 is 4.74 Å². The first-order chi connectivity index (χ1) is 8.52. The molecule has 0 saturated heterocycles. The number of nitro groups is 1. The number of methoxy groups -OCH3 is 1. The molecule has 0 aromatic heterocycles. The fraction of sp³-hybridized carbons (Fsp3) is 0.364. The van der Waals surface area contributed by atoms with E-state index in [0.29, 0.717) is 17.3 Å². The number of carboxylic acids is 1. The van der Waals surface area contributed by atoms with E-state index in [9.17, 15) is 14.9 Å². The molecule has 6 nitrogen and oxygen atoms in total. The summed E-state index contributed by atoms with van der Waals surface area (Å²) in [6.45, 7) is 0. The summed E-state index contributed by atoms with van der Waals surface area (Å²) < 4.78 is 4.98. The average molecular weight is 271 g/mol. The van der Waals surface area contributed by atoms with Gasteiger partial charge in [0.05, 0.1) is 24.5 Å². The van der Waals surface area contributed by atoms with Crippen LogP contribution in [0.15, 0.2) is 18.2 Å². The van der Waals surface area contributed by atoms with Crippen LogP contribution in [0, 0.1) is 10.1 Å². The summed E-state index contributed by atoms with van der Waals surface area (Å²) in [6.07, 6.45) is 0.0801. The number of carbonyl (C=O) groups is 1. The van der Waals surface area contributed by atoms with Crippen LogP contribution in [0.2, 0.25) is 0 Å². The molecule has 98 valence electrons. The molecule has 0 atom stereocenters. The number of benzene rings is 1. The maximum absolute atomic E-state index is 10.7. The fourth-order valence-electron chi connectivity index (χ4n) is 1.30. The molecule has 0 radical (unpaired) electrons. The predicted molar refractivity (Wildman–Crippen MR) is 68.1 cm³/mol. The zero-order chi connectivity index (χ0) is 13.5. The Hall–Kier alpha value is -1.76. The van der Waals surface area contributed by atoms with Gasteiger partial charge in [-0.2, -0.15) is 11.8 Å². The third kappa shape index (κ3) is 4.62. The monoisotopic (exact) mass is 271 g/mol. The maximum atomic E-state index is 10.7. The zero-order valence-electron chi connectivity index (χ0n) is 9.79. The van der Waals surface area contributed by atoms with E-state index < -0.39 is 10.9 Å². The van der Waals surface area contributed by atoms with E-state index in [2.05, 4.69) is 0 Å². The van der Waals surface area contributed by atoms with Gasteiger partial charge in [0.1, 0.15) is 5.75 Å². The van der Waals surface area contributed by atoms with E-state index in [1.807, 2.05) is 0 Å². The molecular weight excluding hydrogens is 258 g/mol. The molecule has 0 saturated carbocycles. The Morgan fingerprint density at radius 2 is 2.22 bits per heavy atom. The Bertz CT molecular complexity index is 449. The summed E-state index contributed by atoms with van der Waals surface area (Å²) in [7, 11) is 1.44. The van der Waals surface area contributed by atoms with Gasteiger partial charge in [0.15, 0.2) is 0 Å². The summed E-state index contributed by atoms with van der Waals surface area (Å²) >= 11 is 1.42. The molecule has 18 heavy (non-hydrogen) atoms. The highest BCUT2D eigenvalue weighted by molar-refractivity contribution is 7.98. The van der Waals surface area contributed by atoms with Gasteiger partial charge in [-0.15, -0.1) is 0 Å². The first-order valence-electron chi connectivity index (χ1n) is 5.15. The van der Waals surface area contributed by atoms with Crippen LogP contribution in [0.3, 0.4) is 0 Å². The van der Waals surface area contributed by atoms with Crippen LogP contribution in [-0.4, -0.2) is 28.9 Å². The molecule has 0 fully saturated rings. The van der Waals surface area contributed by atoms with Crippen molar-refractivity contribution in [2.75, 3.05) is 12.9 Å². The smallest absolute Gasteiger partial charge is 0.304 e. The summed E-state index contributed by atoms with van der Waals surface area (Å²) in [4.78, 5) is 20.6. The molecule has 1 aromatic carbocycles. The molecular formula is C11H13NO5S. The molecule has 0 aliphatic heterocycles. The number of non-ortho nitro benzene ring substituents is 1. The Morgan fingerprint density at radius 3 is 2.78 bits per heavy atom. The number of thioether (sulfide) groups is 1. The quantitative estimate of drug-likeness (QED) is 0.465. The lowest BCUT2D eigenvalue weighted by molar-refractivity contribution is -0.385. The predicted octanol–water partition coefficient (Wildman–Crippen LogP) is 2.31. The number of ether oxygens (including phenoxy) is 1. The first-order valence-corrected chi connectivity index (χ1v) is 6.30. The minimum Gasteiger partial charge on any atom is -0.496 e. The van der Waals surface area contributed by atoms with Crippen molar-refractivity contribution >= 4 is 23.4 Å². The second-order valence-corrected chi connectivity index (χ2v) is 4.60. The van der Waals surface area contributed by atoms with Gasteiger partial charge in [0, 0.05) is 17.6 Å². The number of hydrogen-bond donors (Lipinski definition) is 1. The van der Waals surface area contributed by atoms with Crippen molar-refractivity contribution in [3.05, 3.63) is 33.9 Å². The number of hydrogen-bond acceptors (Lipinski definition) is 5. The normalized spacial score (nSPS) is 10.1. The minimum atomic E-state index is -0.848. The molecule has 0 bridgehead atoms. The van der Waals surface area contributed by atoms with Crippen molar-refractivity contribution in [2.45, 2.75) is 12.2 Å². The summed E-state index contributed by atoms with van der Waals surface area (Å²) in [5, 5.41) is 19.2. The molecule has 0 aliphatic carbocycles. The van der Waals surface area contributed by atoms with Gasteiger partial charge in [-0.25, -0.2) is 0 Å². The Kier molecular flexibility index (Phi) is 5.44. The lowest BCUT2D eigenvalue weighted by atomic mass is 10.2. The fourth-order valence-corrected chi connectivity index (χ4v) is 2.17. The maximum Gasteiger partial charge on any atom is 0.304 e. The highest BCUT2D eigenvalue weighted by Crippen LogP contribution is 2.25. The van der Waals surface area contributed by atoms with E-state index in [0.717, 1.165) is 5.56 Å². The molecule has 1 rings (SSSR count). The van der Waals surface area contributed by atoms with Gasteiger partial charge in [-0.1, -0.05) is 0 Å². The van der Waals surface area contributed by atoms with E-state index >= 15 is 0 Å². The van der Waals surface area contributed by atoms with E-state index in [4.69, 9.17) is 9.84 Å². The van der Waals surface area contributed by atoms with Gasteiger partial charge >= 0.3 is 5.97 Å². The molecule has 0 heterocycles. The SMILES string of the molecule is COc1cc(CSCCC(=O)O)cc([N+](=O)[O-])c1. The highest BCUT2D eigenvalue weighted by Gasteiger charge is 2.10. The molecule has 1 N–H and O–H groups in total. The van der Waals surface area contributed by atoms with Gasteiger partial charge in [-0.3, -0.25) is 14.9 Å². The average Bonchev–Trinajstić information content (AvgIpc) is 2.34. The van der Waals surface area contributed by atoms with Crippen molar-refractivity contribution in [3.8, 4) is 5.75 Å². The van der Waals surface area contributed by atoms with Crippen LogP contribution in [-0.2, 0) is 10.5 Å². The van der Waals surface area contributed by atoms with E-state index in [1.165, 1.54) is 31.0 Å². The second-order valence-electron chi connectivity index (χ2n) is 3.49. The van der Waals surface area contributed by atoms with Crippen molar-refractivity contribution in [1.82, 2.24) is 0 Å². The third-order valence-electron chi connectivity index (χ3n) is 2.13. The molecule has 0 unspecified atom stereocenters. The lowest BCUT2D eigenvalue weighted by Crippen LogP contribution is -1.97. The van der Waals surface area contributed by atoms with E-state index in [1.54, 1.807) is 6.07 Å². The molecule has 1 aromatic rings. The summed E-state index contributed by atoms with van der Waals surface area (Å²) in [5.41, 5.74) is 0.722. The second kappa shape index (κ2) is 6.85. The number of carboxylic acid groups (broad SMARTS) is 1. The largest absolute Gasteiger partial charge is 0.496 e. The number of aliphatic carboxylic acids is 1. The van der Waals surface area contributed by atoms with Gasteiger partial charge < -0.3 is 9.84 Å². The molecule has 0 spiro atoms. The first kappa shape index (κ1) is 14.3. The van der Waals surface area contributed by atoms with Crippen LogP contribution in [0.25, 0.3) is 0 Å². The Morgan fingerprint density at radius 1 is 1.50 bits per heavy atom. The van der Waals surface area contributed by atoms with Crippen LogP contribution in [0.5, 0.6) is 5.75 Å². The zero-order valence-corrected chi connectivity index (χ0v) is 10.6. The summed E-state index contributed by atoms with van der Waals surface area (Å²) in [6, 6.07) is 4.53. The van der Waals surface area contributed by atoms with Crippen molar-refractivity contribution in [3.63, 3.8) is 0 Å². The van der Waals surface area contributed by atoms with Gasteiger partial charge in [-0.05, 0) is 11.6 Å². The van der Waals surface area contributed by atoms with Crippen LogP contribution in [0.4, 0.5) is 5.69 Å². The van der Waals surface area contributed by atoms with Crippen LogP contribution in [0.1, 0.15) is 12.0 Å². The number of rotatable bonds is 7. The van der Waals surface area contributed by atoms with Crippen molar-refractivity contribution < 1.29 is 19.6 Å². The van der Waals surface area contributed by atoms with Crippen molar-refractivity contribution in [1.29, 1.82) is 0 Å². The number of nitrogens with zero attached hydrogens (tertiary/aromatic N) is 1. The summed E-state index contributed by atoms with van der Waals surface area (Å²) in [5.74, 6) is 0.572. The lowest BCUT2D eigenvalue weighted by Gasteiger charge is -2.04. The van der Waals surface area contributed by atoms with E-state index in [-0.39, 0.29) is 12.1 Å². The number of nitro benzene ring substituents is 1. The van der Waals surface area contributed by atoms with Crippen LogP contribution >= 0.6 is 11.8 Å². The Labute approximate surface area is 108 Å². The molecule has 0 amide bonds. The topological polar surface area (TPSA) is 89.7 Å². The molecule has 7 heteroatoms. The van der Waals surface area contributed by atoms with Gasteiger partial charge in [0.25, 0.3) is 5.69 Å². The van der Waals surface area contributed by atoms with Gasteiger partial charge in [0.2, 0.25) is 0 Å². The standard InChI is InChI=1S/C11H13NO5S/c1-17-10-5-8(4-9(6-10)12(15)16)7-18-3-2-11(13)14/h4-6H,2-3,7H2,1H3,(H,13,14).